The molecule has 0 heterocycles. The standard InChI is InChI=1S/C17H19F3O2/c1-2-22-16(21)11-12-7-9-13(10-8-12)14-5-3-4-6-15(14)17(18,19)20/h3-6,9,12H,2,7-8,10-11H2,1H3. The van der Waals surface area contributed by atoms with Gasteiger partial charge in [0.25, 0.3) is 0 Å². The smallest absolute Gasteiger partial charge is 0.416 e. The number of benzene rings is 1. The van der Waals surface area contributed by atoms with Crippen LogP contribution in [-0.2, 0) is 15.7 Å². The first-order chi connectivity index (χ1) is 10.4. The van der Waals surface area contributed by atoms with E-state index in [1.54, 1.807) is 13.0 Å². The van der Waals surface area contributed by atoms with E-state index in [0.29, 0.717) is 37.9 Å². The van der Waals surface area contributed by atoms with Crippen LogP contribution in [0.4, 0.5) is 13.2 Å². The van der Waals surface area contributed by atoms with Gasteiger partial charge in [0.1, 0.15) is 0 Å². The van der Waals surface area contributed by atoms with Crippen LogP contribution >= 0.6 is 0 Å². The van der Waals surface area contributed by atoms with Crippen LogP contribution in [-0.4, -0.2) is 12.6 Å². The molecule has 0 amide bonds. The van der Waals surface area contributed by atoms with Crippen LogP contribution in [0.2, 0.25) is 0 Å². The molecule has 0 saturated heterocycles. The molecule has 0 aliphatic heterocycles. The zero-order chi connectivity index (χ0) is 16.2. The van der Waals surface area contributed by atoms with E-state index in [1.165, 1.54) is 12.1 Å². The zero-order valence-corrected chi connectivity index (χ0v) is 12.5. The zero-order valence-electron chi connectivity index (χ0n) is 12.5. The van der Waals surface area contributed by atoms with Gasteiger partial charge in [-0.2, -0.15) is 13.2 Å². The Morgan fingerprint density at radius 1 is 1.32 bits per heavy atom. The molecular weight excluding hydrogens is 293 g/mol. The molecule has 0 saturated carbocycles. The van der Waals surface area contributed by atoms with Crippen molar-refractivity contribution in [1.29, 1.82) is 0 Å². The molecule has 1 unspecified atom stereocenters. The lowest BCUT2D eigenvalue weighted by Gasteiger charge is -2.23. The topological polar surface area (TPSA) is 26.3 Å². The minimum absolute atomic E-state index is 0.154. The monoisotopic (exact) mass is 312 g/mol. The number of esters is 1. The lowest BCUT2D eigenvalue weighted by atomic mass is 9.83. The summed E-state index contributed by atoms with van der Waals surface area (Å²) in [6, 6.07) is 5.65. The third-order valence-electron chi connectivity index (χ3n) is 3.86. The van der Waals surface area contributed by atoms with Crippen LogP contribution in [0.5, 0.6) is 0 Å². The van der Waals surface area contributed by atoms with Crippen molar-refractivity contribution in [1.82, 2.24) is 0 Å². The van der Waals surface area contributed by atoms with Crippen LogP contribution in [0.15, 0.2) is 30.3 Å². The molecule has 0 N–H and O–H groups in total. The van der Waals surface area contributed by atoms with E-state index >= 15 is 0 Å². The molecule has 1 aromatic carbocycles. The predicted octanol–water partition coefficient (Wildman–Crippen LogP) is 4.84. The summed E-state index contributed by atoms with van der Waals surface area (Å²) in [4.78, 5) is 11.5. The summed E-state index contributed by atoms with van der Waals surface area (Å²) < 4.78 is 44.1. The van der Waals surface area contributed by atoms with E-state index in [1.807, 2.05) is 6.08 Å². The van der Waals surface area contributed by atoms with E-state index in [2.05, 4.69) is 0 Å². The Labute approximate surface area is 128 Å². The first-order valence-corrected chi connectivity index (χ1v) is 7.43. The number of rotatable bonds is 4. The highest BCUT2D eigenvalue weighted by Crippen LogP contribution is 2.39. The molecule has 1 aromatic rings. The number of allylic oxidation sites excluding steroid dienone is 2. The fourth-order valence-electron chi connectivity index (χ4n) is 2.78. The van der Waals surface area contributed by atoms with E-state index in [0.717, 1.165) is 6.07 Å². The Bertz CT molecular complexity index is 561. The third-order valence-corrected chi connectivity index (χ3v) is 3.86. The average molecular weight is 312 g/mol. The average Bonchev–Trinajstić information content (AvgIpc) is 2.47. The second kappa shape index (κ2) is 6.99. The van der Waals surface area contributed by atoms with Gasteiger partial charge in [0, 0.05) is 6.42 Å². The van der Waals surface area contributed by atoms with Crippen molar-refractivity contribution >= 4 is 11.5 Å². The lowest BCUT2D eigenvalue weighted by molar-refractivity contribution is -0.144. The fraction of sp³-hybridized carbons (Fsp3) is 0.471. The van der Waals surface area contributed by atoms with E-state index in [9.17, 15) is 18.0 Å². The Kier molecular flexibility index (Phi) is 5.27. The number of halogens is 3. The van der Waals surface area contributed by atoms with Crippen molar-refractivity contribution in [3.63, 3.8) is 0 Å². The molecule has 0 fully saturated rings. The Balaban J connectivity index is 2.10. The summed E-state index contributed by atoms with van der Waals surface area (Å²) in [5, 5.41) is 0. The molecule has 120 valence electrons. The maximum absolute atomic E-state index is 13.0. The fourth-order valence-corrected chi connectivity index (χ4v) is 2.78. The van der Waals surface area contributed by atoms with E-state index < -0.39 is 11.7 Å². The van der Waals surface area contributed by atoms with Crippen LogP contribution in [0.1, 0.15) is 43.7 Å². The summed E-state index contributed by atoms with van der Waals surface area (Å²) in [6.07, 6.45) is -0.315. The van der Waals surface area contributed by atoms with Gasteiger partial charge in [-0.15, -0.1) is 0 Å². The van der Waals surface area contributed by atoms with Crippen LogP contribution in [0.3, 0.4) is 0 Å². The van der Waals surface area contributed by atoms with Crippen molar-refractivity contribution in [2.75, 3.05) is 6.61 Å². The minimum atomic E-state index is -4.35. The van der Waals surface area contributed by atoms with Crippen molar-refractivity contribution in [3.8, 4) is 0 Å². The van der Waals surface area contributed by atoms with Gasteiger partial charge in [-0.05, 0) is 49.3 Å². The van der Waals surface area contributed by atoms with Gasteiger partial charge in [0.15, 0.2) is 0 Å². The van der Waals surface area contributed by atoms with Gasteiger partial charge in [-0.3, -0.25) is 4.79 Å². The first-order valence-electron chi connectivity index (χ1n) is 7.43. The van der Waals surface area contributed by atoms with Gasteiger partial charge < -0.3 is 4.74 Å². The maximum Gasteiger partial charge on any atom is 0.416 e. The predicted molar refractivity (Wildman–Crippen MR) is 78.0 cm³/mol. The van der Waals surface area contributed by atoms with Crippen LogP contribution in [0, 0.1) is 5.92 Å². The number of ether oxygens (including phenoxy) is 1. The van der Waals surface area contributed by atoms with Crippen molar-refractivity contribution in [2.45, 2.75) is 38.8 Å². The Hall–Kier alpha value is -1.78. The van der Waals surface area contributed by atoms with E-state index in [4.69, 9.17) is 4.74 Å². The molecule has 0 radical (unpaired) electrons. The summed E-state index contributed by atoms with van der Waals surface area (Å²) >= 11 is 0. The number of carbonyl (C=O) groups is 1. The second-order valence-corrected chi connectivity index (χ2v) is 5.42. The van der Waals surface area contributed by atoms with Crippen LogP contribution < -0.4 is 0 Å². The Morgan fingerprint density at radius 3 is 2.64 bits per heavy atom. The van der Waals surface area contributed by atoms with Gasteiger partial charge in [-0.1, -0.05) is 24.3 Å². The SMILES string of the molecule is CCOC(=O)CC1CC=C(c2ccccc2C(F)(F)F)CC1. The Morgan fingerprint density at radius 2 is 2.05 bits per heavy atom. The van der Waals surface area contributed by atoms with Gasteiger partial charge in [0.05, 0.1) is 12.2 Å². The van der Waals surface area contributed by atoms with Crippen molar-refractivity contribution in [2.24, 2.45) is 5.92 Å². The highest BCUT2D eigenvalue weighted by Gasteiger charge is 2.34. The highest BCUT2D eigenvalue weighted by molar-refractivity contribution is 5.71. The van der Waals surface area contributed by atoms with E-state index in [-0.39, 0.29) is 17.5 Å². The van der Waals surface area contributed by atoms with Gasteiger partial charge in [-0.25, -0.2) is 0 Å². The van der Waals surface area contributed by atoms with Crippen LogP contribution in [0.25, 0.3) is 5.57 Å². The largest absolute Gasteiger partial charge is 0.466 e. The first kappa shape index (κ1) is 16.6. The maximum atomic E-state index is 13.0. The van der Waals surface area contributed by atoms with Gasteiger partial charge >= 0.3 is 12.1 Å². The summed E-state index contributed by atoms with van der Waals surface area (Å²) in [5.41, 5.74) is 0.378. The molecule has 0 bridgehead atoms. The third kappa shape index (κ3) is 4.12. The molecule has 1 atom stereocenters. The molecule has 1 aliphatic rings. The van der Waals surface area contributed by atoms with Gasteiger partial charge in [0.2, 0.25) is 0 Å². The lowest BCUT2D eigenvalue weighted by Crippen LogP contribution is -2.15. The molecule has 2 rings (SSSR count). The highest BCUT2D eigenvalue weighted by atomic mass is 19.4. The molecule has 2 nitrogen and oxygen atoms in total. The number of carbonyl (C=O) groups excluding carboxylic acids is 1. The molecule has 0 spiro atoms. The normalized spacial score (nSPS) is 18.7. The summed E-state index contributed by atoms with van der Waals surface area (Å²) in [6.45, 7) is 2.11. The quantitative estimate of drug-likeness (QED) is 0.743. The second-order valence-electron chi connectivity index (χ2n) is 5.42. The molecule has 5 heteroatoms. The molecular formula is C17H19F3O2. The minimum Gasteiger partial charge on any atom is -0.466 e. The summed E-state index contributed by atoms with van der Waals surface area (Å²) in [7, 11) is 0. The van der Waals surface area contributed by atoms with Crippen molar-refractivity contribution < 1.29 is 22.7 Å². The van der Waals surface area contributed by atoms with Crippen molar-refractivity contribution in [3.05, 3.63) is 41.5 Å². The number of hydrogen-bond donors (Lipinski definition) is 0. The molecule has 22 heavy (non-hydrogen) atoms. The molecule has 1 aliphatic carbocycles. The molecule has 0 aromatic heterocycles. The summed E-state index contributed by atoms with van der Waals surface area (Å²) in [5.74, 6) is -0.0825. The number of alkyl halides is 3. The number of hydrogen-bond acceptors (Lipinski definition) is 2.